The predicted octanol–water partition coefficient (Wildman–Crippen LogP) is 1.19. The Balaban J connectivity index is 2.26. The first-order valence-electron chi connectivity index (χ1n) is 5.13. The zero-order chi connectivity index (χ0) is 11.1. The number of nitrogens with zero attached hydrogens (tertiary/aromatic N) is 1. The second kappa shape index (κ2) is 6.69. The summed E-state index contributed by atoms with van der Waals surface area (Å²) in [5.74, 6) is 0. The first-order valence-corrected chi connectivity index (χ1v) is 6.42. The fraction of sp³-hybridized carbons (Fsp3) is 0.545. The van der Waals surface area contributed by atoms with E-state index in [1.165, 1.54) is 0 Å². The van der Waals surface area contributed by atoms with Gasteiger partial charge in [0, 0.05) is 37.1 Å². The number of hydrogen-bond acceptors (Lipinski definition) is 3. The molecule has 0 fully saturated rings. The molecule has 0 aliphatic rings. The lowest BCUT2D eigenvalue weighted by Crippen LogP contribution is -2.29. The van der Waals surface area contributed by atoms with E-state index in [9.17, 15) is 4.79 Å². The maximum atomic E-state index is 11.3. The van der Waals surface area contributed by atoms with Crippen LogP contribution in [0.5, 0.6) is 0 Å². The van der Waals surface area contributed by atoms with Crippen LogP contribution in [-0.4, -0.2) is 29.2 Å². The topological polar surface area (TPSA) is 34.0 Å². The maximum Gasteiger partial charge on any atom is 0.250 e. The lowest BCUT2D eigenvalue weighted by Gasteiger charge is -2.10. The summed E-state index contributed by atoms with van der Waals surface area (Å²) in [6, 6.07) is 5.23. The quantitative estimate of drug-likeness (QED) is 0.740. The molecule has 0 saturated carbocycles. The van der Waals surface area contributed by atoms with Crippen LogP contribution >= 0.6 is 11.8 Å². The van der Waals surface area contributed by atoms with E-state index in [1.807, 2.05) is 24.0 Å². The molecule has 0 amide bonds. The van der Waals surface area contributed by atoms with Gasteiger partial charge in [0.1, 0.15) is 0 Å². The molecule has 1 unspecified atom stereocenters. The van der Waals surface area contributed by atoms with Crippen molar-refractivity contribution in [1.82, 2.24) is 9.88 Å². The Morgan fingerprint density at radius 3 is 3.00 bits per heavy atom. The summed E-state index contributed by atoms with van der Waals surface area (Å²) in [4.78, 5) is 11.3. The molecule has 0 radical (unpaired) electrons. The number of thioether (sulfide) groups is 1. The van der Waals surface area contributed by atoms with Crippen molar-refractivity contribution in [3.05, 3.63) is 34.7 Å². The van der Waals surface area contributed by atoms with E-state index in [0.717, 1.165) is 19.6 Å². The van der Waals surface area contributed by atoms with Crippen molar-refractivity contribution < 1.29 is 0 Å². The summed E-state index contributed by atoms with van der Waals surface area (Å²) in [5.41, 5.74) is 0.0669. The van der Waals surface area contributed by atoms with Crippen LogP contribution in [0.15, 0.2) is 29.2 Å². The fourth-order valence-electron chi connectivity index (χ4n) is 1.23. The molecule has 1 rings (SSSR count). The summed E-state index contributed by atoms with van der Waals surface area (Å²) < 4.78 is 1.72. The van der Waals surface area contributed by atoms with Crippen molar-refractivity contribution in [3.63, 3.8) is 0 Å². The maximum absolute atomic E-state index is 11.3. The highest BCUT2D eigenvalue weighted by atomic mass is 32.2. The van der Waals surface area contributed by atoms with Gasteiger partial charge in [-0.2, -0.15) is 11.8 Å². The molecular formula is C11H18N2OS. The van der Waals surface area contributed by atoms with Crippen LogP contribution in [0.3, 0.4) is 0 Å². The van der Waals surface area contributed by atoms with E-state index in [-0.39, 0.29) is 5.56 Å². The van der Waals surface area contributed by atoms with E-state index >= 15 is 0 Å². The third-order valence-electron chi connectivity index (χ3n) is 2.26. The minimum Gasteiger partial charge on any atom is -0.314 e. The Bertz CT molecular complexity index is 337. The van der Waals surface area contributed by atoms with E-state index in [4.69, 9.17) is 0 Å². The van der Waals surface area contributed by atoms with E-state index in [0.29, 0.717) is 5.25 Å². The Morgan fingerprint density at radius 1 is 1.53 bits per heavy atom. The Morgan fingerprint density at radius 2 is 2.33 bits per heavy atom. The zero-order valence-electron chi connectivity index (χ0n) is 9.27. The molecule has 0 bridgehead atoms. The van der Waals surface area contributed by atoms with Crippen LogP contribution in [0, 0.1) is 0 Å². The fourth-order valence-corrected chi connectivity index (χ4v) is 1.52. The Kier molecular flexibility index (Phi) is 5.50. The van der Waals surface area contributed by atoms with Gasteiger partial charge in [0.2, 0.25) is 0 Å². The highest BCUT2D eigenvalue weighted by molar-refractivity contribution is 7.99. The van der Waals surface area contributed by atoms with Gasteiger partial charge < -0.3 is 9.88 Å². The predicted molar refractivity (Wildman–Crippen MR) is 66.5 cm³/mol. The number of pyridine rings is 1. The molecule has 4 heteroatoms. The van der Waals surface area contributed by atoms with Crippen molar-refractivity contribution in [1.29, 1.82) is 0 Å². The van der Waals surface area contributed by atoms with Gasteiger partial charge in [-0.1, -0.05) is 13.0 Å². The van der Waals surface area contributed by atoms with Gasteiger partial charge in [0.05, 0.1) is 0 Å². The minimum absolute atomic E-state index is 0.0669. The monoisotopic (exact) mass is 226 g/mol. The van der Waals surface area contributed by atoms with E-state index in [2.05, 4.69) is 18.5 Å². The second-order valence-corrected chi connectivity index (χ2v) is 4.76. The smallest absolute Gasteiger partial charge is 0.250 e. The van der Waals surface area contributed by atoms with Crippen LogP contribution in [0.25, 0.3) is 0 Å². The second-order valence-electron chi connectivity index (χ2n) is 3.48. The van der Waals surface area contributed by atoms with Crippen molar-refractivity contribution in [2.75, 3.05) is 19.3 Å². The highest BCUT2D eigenvalue weighted by Crippen LogP contribution is 2.01. The summed E-state index contributed by atoms with van der Waals surface area (Å²) in [6.45, 7) is 4.75. The SMILES string of the molecule is CSC(C)CNCCn1ccccc1=O. The molecule has 1 aromatic rings. The summed E-state index contributed by atoms with van der Waals surface area (Å²) >= 11 is 1.84. The Labute approximate surface area is 94.9 Å². The van der Waals surface area contributed by atoms with Crippen molar-refractivity contribution in [3.8, 4) is 0 Å². The van der Waals surface area contributed by atoms with Gasteiger partial charge in [-0.05, 0) is 12.3 Å². The lowest BCUT2D eigenvalue weighted by molar-refractivity contribution is 0.586. The van der Waals surface area contributed by atoms with Crippen LogP contribution in [0.4, 0.5) is 0 Å². The normalized spacial score (nSPS) is 12.7. The van der Waals surface area contributed by atoms with Crippen LogP contribution in [0.2, 0.25) is 0 Å². The first kappa shape index (κ1) is 12.3. The van der Waals surface area contributed by atoms with E-state index < -0.39 is 0 Å². The summed E-state index contributed by atoms with van der Waals surface area (Å²) in [5, 5.41) is 3.95. The van der Waals surface area contributed by atoms with Gasteiger partial charge in [-0.3, -0.25) is 4.79 Å². The molecule has 1 heterocycles. The molecule has 1 atom stereocenters. The summed E-state index contributed by atoms with van der Waals surface area (Å²) in [6.07, 6.45) is 3.93. The first-order chi connectivity index (χ1) is 7.24. The Hall–Kier alpha value is -0.740. The van der Waals surface area contributed by atoms with Crippen molar-refractivity contribution in [2.24, 2.45) is 0 Å². The average molecular weight is 226 g/mol. The number of hydrogen-bond donors (Lipinski definition) is 1. The highest BCUT2D eigenvalue weighted by Gasteiger charge is 1.98. The molecule has 1 N–H and O–H groups in total. The largest absolute Gasteiger partial charge is 0.314 e. The molecule has 0 aliphatic heterocycles. The third-order valence-corrected chi connectivity index (χ3v) is 3.23. The van der Waals surface area contributed by atoms with E-state index in [1.54, 1.807) is 16.7 Å². The molecule has 0 spiro atoms. The van der Waals surface area contributed by atoms with Crippen LogP contribution < -0.4 is 10.9 Å². The number of nitrogens with one attached hydrogen (secondary N) is 1. The molecule has 1 aromatic heterocycles. The van der Waals surface area contributed by atoms with Crippen LogP contribution in [-0.2, 0) is 6.54 Å². The minimum atomic E-state index is 0.0669. The third kappa shape index (κ3) is 4.53. The molecule has 0 saturated heterocycles. The van der Waals surface area contributed by atoms with Gasteiger partial charge in [-0.25, -0.2) is 0 Å². The zero-order valence-corrected chi connectivity index (χ0v) is 10.1. The standard InChI is InChI=1S/C11H18N2OS/c1-10(15-2)9-12-6-8-13-7-4-3-5-11(13)14/h3-5,7,10,12H,6,8-9H2,1-2H3. The number of aromatic nitrogens is 1. The average Bonchev–Trinajstić information content (AvgIpc) is 2.26. The van der Waals surface area contributed by atoms with Gasteiger partial charge in [0.15, 0.2) is 0 Å². The van der Waals surface area contributed by atoms with Crippen LogP contribution in [0.1, 0.15) is 6.92 Å². The lowest BCUT2D eigenvalue weighted by atomic mass is 10.4. The molecule has 0 aromatic carbocycles. The van der Waals surface area contributed by atoms with Crippen molar-refractivity contribution in [2.45, 2.75) is 18.7 Å². The molecule has 3 nitrogen and oxygen atoms in total. The van der Waals surface area contributed by atoms with Gasteiger partial charge >= 0.3 is 0 Å². The van der Waals surface area contributed by atoms with Gasteiger partial charge in [-0.15, -0.1) is 0 Å². The van der Waals surface area contributed by atoms with Crippen molar-refractivity contribution >= 4 is 11.8 Å². The number of rotatable bonds is 6. The molecule has 0 aliphatic carbocycles. The van der Waals surface area contributed by atoms with Gasteiger partial charge in [0.25, 0.3) is 5.56 Å². The molecular weight excluding hydrogens is 208 g/mol. The molecule has 15 heavy (non-hydrogen) atoms. The summed E-state index contributed by atoms with van der Waals surface area (Å²) in [7, 11) is 0. The molecule has 84 valence electrons.